The van der Waals surface area contributed by atoms with Crippen molar-refractivity contribution in [2.75, 3.05) is 0 Å². The summed E-state index contributed by atoms with van der Waals surface area (Å²) in [5.41, 5.74) is 16.6. The number of hydrogen-bond acceptors (Lipinski definition) is 7. The van der Waals surface area contributed by atoms with E-state index in [0.29, 0.717) is 17.8 Å². The highest BCUT2D eigenvalue weighted by Gasteiger charge is 2.37. The molecule has 9 nitrogen and oxygen atoms in total. The summed E-state index contributed by atoms with van der Waals surface area (Å²) in [6, 6.07) is 24.8. The molecule has 1 N–H and O–H groups in total. The molecular formula is C63H66F2N4O5. The molecule has 2 aromatic heterocycles. The average Bonchev–Trinajstić information content (AvgIpc) is 3.65. The molecule has 3 aliphatic rings. The molecule has 1 saturated heterocycles. The summed E-state index contributed by atoms with van der Waals surface area (Å²) in [6.07, 6.45) is 9.29. The zero-order chi connectivity index (χ0) is 53.1. The Morgan fingerprint density at radius 1 is 0.757 bits per heavy atom. The van der Waals surface area contributed by atoms with Gasteiger partial charge in [-0.2, -0.15) is 0 Å². The minimum atomic E-state index is -0.888. The highest BCUT2D eigenvalue weighted by molar-refractivity contribution is 5.87. The number of benzene rings is 4. The molecule has 382 valence electrons. The molecule has 0 radical (unpaired) electrons. The largest absolute Gasteiger partial charge is 0.460 e. The van der Waals surface area contributed by atoms with Crippen LogP contribution in [0.2, 0.25) is 0 Å². The van der Waals surface area contributed by atoms with Crippen LogP contribution in [0.3, 0.4) is 0 Å². The molecule has 0 saturated carbocycles. The number of fused-ring (bicyclic) bond motifs is 6. The van der Waals surface area contributed by atoms with Gasteiger partial charge in [-0.15, -0.1) is 0 Å². The third-order valence-corrected chi connectivity index (χ3v) is 13.7. The van der Waals surface area contributed by atoms with E-state index in [0.717, 1.165) is 128 Å². The quantitative estimate of drug-likeness (QED) is 0.114. The third kappa shape index (κ3) is 12.0. The summed E-state index contributed by atoms with van der Waals surface area (Å²) in [6.45, 7) is 32.4. The van der Waals surface area contributed by atoms with E-state index < -0.39 is 11.4 Å². The van der Waals surface area contributed by atoms with E-state index >= 15 is 0 Å². The van der Waals surface area contributed by atoms with Crippen molar-refractivity contribution >= 4 is 23.4 Å². The average molecular weight is 997 g/mol. The van der Waals surface area contributed by atoms with Crippen LogP contribution < -0.4 is 0 Å². The number of aromatic nitrogens is 2. The highest BCUT2D eigenvalue weighted by atomic mass is 19.1. The van der Waals surface area contributed by atoms with Crippen LogP contribution >= 0.6 is 0 Å². The Kier molecular flexibility index (Phi) is 16.1. The maximum Gasteiger partial charge on any atom is 0.308 e. The Balaban J connectivity index is 0.000000216. The molecule has 3 heterocycles. The number of pyridine rings is 2. The number of carbonyl (C=O) groups excluding carboxylic acids is 1. The highest BCUT2D eigenvalue weighted by Crippen LogP contribution is 2.45. The van der Waals surface area contributed by atoms with E-state index in [1.54, 1.807) is 12.1 Å². The van der Waals surface area contributed by atoms with Crippen LogP contribution in [0.1, 0.15) is 145 Å². The van der Waals surface area contributed by atoms with Crippen LogP contribution in [-0.4, -0.2) is 44.6 Å². The van der Waals surface area contributed by atoms with Crippen LogP contribution in [-0.2, 0) is 51.3 Å². The van der Waals surface area contributed by atoms with E-state index in [4.69, 9.17) is 37.3 Å². The molecule has 1 aliphatic heterocycles. The number of halogens is 2. The summed E-state index contributed by atoms with van der Waals surface area (Å²) in [4.78, 5) is 30.2. The van der Waals surface area contributed by atoms with Crippen molar-refractivity contribution in [1.82, 2.24) is 9.97 Å². The van der Waals surface area contributed by atoms with Gasteiger partial charge in [0.2, 0.25) is 0 Å². The summed E-state index contributed by atoms with van der Waals surface area (Å²) >= 11 is 0. The summed E-state index contributed by atoms with van der Waals surface area (Å²) < 4.78 is 45.7. The van der Waals surface area contributed by atoms with Crippen molar-refractivity contribution in [3.63, 3.8) is 0 Å². The third-order valence-electron chi connectivity index (χ3n) is 13.7. The molecular weight excluding hydrogens is 931 g/mol. The number of esters is 1. The van der Waals surface area contributed by atoms with E-state index in [-0.39, 0.29) is 54.7 Å². The number of aliphatic hydroxyl groups excluding tert-OH is 1. The Labute approximate surface area is 435 Å². The second-order valence-corrected chi connectivity index (χ2v) is 21.6. The van der Waals surface area contributed by atoms with E-state index in [1.807, 2.05) is 89.2 Å². The Hall–Kier alpha value is -6.89. The monoisotopic (exact) mass is 997 g/mol. The SMILES string of the molecule is [C-]#[N+]c1ccc2c(c1)CCCc1c-2nc(C(C)C)c(/C=C/[C@@H]2C[C@H](CC(=O)OC(C)(C)C)OC(C)(C)O2)c1-c1ccc(F)cc1.[C-]#[N+]c1ccc2c(c1)CCCc1c-2nc(C(C)C)c(CO)c1-c1ccc(F)cc1. The number of carbonyl (C=O) groups is 1. The Bertz CT molecular complexity index is 3180. The van der Waals surface area contributed by atoms with Gasteiger partial charge in [0.25, 0.3) is 0 Å². The van der Waals surface area contributed by atoms with Gasteiger partial charge in [0.05, 0.1) is 55.5 Å². The summed E-state index contributed by atoms with van der Waals surface area (Å²) in [7, 11) is 0. The van der Waals surface area contributed by atoms with Gasteiger partial charge in [-0.05, 0) is 154 Å². The van der Waals surface area contributed by atoms with Crippen molar-refractivity contribution in [2.24, 2.45) is 0 Å². The molecule has 4 aromatic carbocycles. The van der Waals surface area contributed by atoms with Gasteiger partial charge in [-0.25, -0.2) is 18.5 Å². The molecule has 1 fully saturated rings. The zero-order valence-electron chi connectivity index (χ0n) is 44.0. The maximum atomic E-state index is 14.2. The number of ether oxygens (including phenoxy) is 3. The topological polar surface area (TPSA) is 99.5 Å². The van der Waals surface area contributed by atoms with Crippen LogP contribution in [0.25, 0.3) is 60.5 Å². The Morgan fingerprint density at radius 2 is 1.26 bits per heavy atom. The summed E-state index contributed by atoms with van der Waals surface area (Å²) in [5, 5.41) is 10.3. The van der Waals surface area contributed by atoms with Gasteiger partial charge < -0.3 is 19.3 Å². The standard InChI is InChI=1S/C38H43FN2O4.C25H23FN2O/c1-23(2)35-32(19-17-28-21-29(44-38(6,7)43-28)22-33(42)45-37(3,4)5)34(24-12-14-26(39)15-13-24)31-11-9-10-25-20-27(40-8)16-18-30(25)36(31)41-35;1-15(2)24-22(14-29)23(16-7-9-18(26)10-8-16)21-6-4-5-17-13-19(27-3)11-12-20(17)25(21)28-24/h12-20,23,28-29H,9-11,21-22H2,1-7H3;7-13,15,29H,4-6,14H2,1-2H3/b19-17+;/t28-,29-;/m1./s1. The molecule has 0 bridgehead atoms. The maximum absolute atomic E-state index is 14.2. The number of aryl methyl sites for hydroxylation is 2. The van der Waals surface area contributed by atoms with Gasteiger partial charge in [0.1, 0.15) is 17.2 Å². The second kappa shape index (κ2) is 22.3. The predicted octanol–water partition coefficient (Wildman–Crippen LogP) is 15.6. The first kappa shape index (κ1) is 53.4. The fourth-order valence-corrected chi connectivity index (χ4v) is 10.7. The van der Waals surface area contributed by atoms with Crippen molar-refractivity contribution in [3.8, 4) is 44.8 Å². The van der Waals surface area contributed by atoms with E-state index in [9.17, 15) is 18.7 Å². The fourth-order valence-electron chi connectivity index (χ4n) is 10.7. The lowest BCUT2D eigenvalue weighted by atomic mass is 9.86. The van der Waals surface area contributed by atoms with Gasteiger partial charge in [-0.1, -0.05) is 101 Å². The molecule has 6 aromatic rings. The molecule has 2 atom stereocenters. The molecule has 9 rings (SSSR count). The van der Waals surface area contributed by atoms with Crippen LogP contribution in [0, 0.1) is 24.8 Å². The van der Waals surface area contributed by atoms with Crippen molar-refractivity contribution < 1.29 is 32.9 Å². The van der Waals surface area contributed by atoms with E-state index in [2.05, 4.69) is 43.5 Å². The lowest BCUT2D eigenvalue weighted by molar-refractivity contribution is -0.290. The van der Waals surface area contributed by atoms with Gasteiger partial charge in [-0.3, -0.25) is 14.8 Å². The Morgan fingerprint density at radius 3 is 1.74 bits per heavy atom. The minimum absolute atomic E-state index is 0.0929. The van der Waals surface area contributed by atoms with Crippen LogP contribution in [0.15, 0.2) is 91.0 Å². The predicted molar refractivity (Wildman–Crippen MR) is 289 cm³/mol. The molecule has 74 heavy (non-hydrogen) atoms. The number of hydrogen-bond donors (Lipinski definition) is 1. The first-order chi connectivity index (χ1) is 35.3. The molecule has 11 heteroatoms. The number of nitrogens with zero attached hydrogens (tertiary/aromatic N) is 4. The lowest BCUT2D eigenvalue weighted by Crippen LogP contribution is -2.45. The zero-order valence-corrected chi connectivity index (χ0v) is 44.0. The molecule has 0 unspecified atom stereocenters. The summed E-state index contributed by atoms with van der Waals surface area (Å²) in [5.74, 6) is -1.52. The first-order valence-corrected chi connectivity index (χ1v) is 25.8. The normalized spacial score (nSPS) is 16.9. The van der Waals surface area contributed by atoms with Gasteiger partial charge in [0, 0.05) is 34.4 Å². The van der Waals surface area contributed by atoms with Crippen LogP contribution in [0.4, 0.5) is 20.2 Å². The van der Waals surface area contributed by atoms with E-state index in [1.165, 1.54) is 24.3 Å². The molecule has 2 aliphatic carbocycles. The number of rotatable bonds is 9. The number of aliphatic hydroxyl groups is 1. The lowest BCUT2D eigenvalue weighted by Gasteiger charge is -2.40. The second-order valence-electron chi connectivity index (χ2n) is 21.6. The first-order valence-electron chi connectivity index (χ1n) is 25.8. The van der Waals surface area contributed by atoms with Gasteiger partial charge >= 0.3 is 5.97 Å². The van der Waals surface area contributed by atoms with Gasteiger partial charge in [0.15, 0.2) is 17.2 Å². The van der Waals surface area contributed by atoms with Crippen molar-refractivity contribution in [3.05, 3.63) is 170 Å². The van der Waals surface area contributed by atoms with Crippen molar-refractivity contribution in [2.45, 2.75) is 156 Å². The van der Waals surface area contributed by atoms with Crippen molar-refractivity contribution in [1.29, 1.82) is 0 Å². The molecule has 0 amide bonds. The fraction of sp³-hybridized carbons (Fsp3) is 0.381. The minimum Gasteiger partial charge on any atom is -0.460 e. The van der Waals surface area contributed by atoms with Crippen LogP contribution in [0.5, 0.6) is 0 Å². The smallest absolute Gasteiger partial charge is 0.308 e. The molecule has 0 spiro atoms.